The summed E-state index contributed by atoms with van der Waals surface area (Å²) in [6.07, 6.45) is 0.779. The van der Waals surface area contributed by atoms with Gasteiger partial charge in [0.15, 0.2) is 0 Å². The Morgan fingerprint density at radius 2 is 1.76 bits per heavy atom. The third kappa shape index (κ3) is 1.70. The number of hydrogen-bond acceptors (Lipinski definition) is 3. The monoisotopic (exact) mass is 228 g/mol. The minimum absolute atomic E-state index is 0.183. The van der Waals surface area contributed by atoms with E-state index in [0.29, 0.717) is 17.5 Å². The van der Waals surface area contributed by atoms with Crippen molar-refractivity contribution in [3.05, 3.63) is 35.4 Å². The average Bonchev–Trinajstić information content (AvgIpc) is 2.61. The molecule has 0 saturated heterocycles. The number of hydrogen-bond donors (Lipinski definition) is 0. The summed E-state index contributed by atoms with van der Waals surface area (Å²) in [5.74, 6) is -0.569. The predicted molar refractivity (Wildman–Crippen MR) is 61.3 cm³/mol. The zero-order valence-corrected chi connectivity index (χ0v) is 9.51. The molecule has 2 amide bonds. The van der Waals surface area contributed by atoms with Gasteiger partial charge in [-0.1, -0.05) is 19.1 Å². The molecule has 1 heterocycles. The number of amides is 2. The van der Waals surface area contributed by atoms with Crippen molar-refractivity contribution < 1.29 is 9.59 Å². The summed E-state index contributed by atoms with van der Waals surface area (Å²) in [7, 11) is 0. The quantitative estimate of drug-likeness (QED) is 0.743. The molecule has 0 aromatic heterocycles. The SMILES string of the molecule is CCC(CC#N)N1C(=O)c2ccccc2C1=O. The van der Waals surface area contributed by atoms with Crippen molar-refractivity contribution in [2.75, 3.05) is 0 Å². The van der Waals surface area contributed by atoms with Crippen LogP contribution in [0.1, 0.15) is 40.5 Å². The van der Waals surface area contributed by atoms with E-state index in [1.807, 2.05) is 13.0 Å². The van der Waals surface area contributed by atoms with Gasteiger partial charge in [-0.2, -0.15) is 5.26 Å². The topological polar surface area (TPSA) is 61.2 Å². The number of fused-ring (bicyclic) bond motifs is 1. The van der Waals surface area contributed by atoms with Crippen molar-refractivity contribution in [3.63, 3.8) is 0 Å². The Labute approximate surface area is 99.5 Å². The summed E-state index contributed by atoms with van der Waals surface area (Å²) in [6, 6.07) is 8.46. The van der Waals surface area contributed by atoms with Crippen LogP contribution in [-0.2, 0) is 0 Å². The molecule has 1 aliphatic heterocycles. The van der Waals surface area contributed by atoms with E-state index in [0.717, 1.165) is 0 Å². The normalized spacial score (nSPS) is 15.6. The van der Waals surface area contributed by atoms with E-state index >= 15 is 0 Å². The molecule has 0 bridgehead atoms. The summed E-state index contributed by atoms with van der Waals surface area (Å²) in [5.41, 5.74) is 0.878. The van der Waals surface area contributed by atoms with E-state index in [9.17, 15) is 9.59 Å². The van der Waals surface area contributed by atoms with Crippen LogP contribution in [0.15, 0.2) is 24.3 Å². The number of nitrogens with zero attached hydrogens (tertiary/aromatic N) is 2. The lowest BCUT2D eigenvalue weighted by molar-refractivity contribution is 0.0583. The van der Waals surface area contributed by atoms with E-state index in [2.05, 4.69) is 0 Å². The molecule has 0 N–H and O–H groups in total. The van der Waals surface area contributed by atoms with Crippen LogP contribution in [0.3, 0.4) is 0 Å². The molecule has 0 saturated carbocycles. The van der Waals surface area contributed by atoms with E-state index in [-0.39, 0.29) is 24.3 Å². The lowest BCUT2D eigenvalue weighted by atomic mass is 10.1. The van der Waals surface area contributed by atoms with Crippen LogP contribution in [0.5, 0.6) is 0 Å². The summed E-state index contributed by atoms with van der Waals surface area (Å²) >= 11 is 0. The molecular weight excluding hydrogens is 216 g/mol. The van der Waals surface area contributed by atoms with E-state index in [1.165, 1.54) is 4.90 Å². The second kappa shape index (κ2) is 4.38. The molecule has 2 rings (SSSR count). The number of nitriles is 1. The number of carbonyl (C=O) groups excluding carboxylic acids is 2. The molecule has 86 valence electrons. The Bertz CT molecular complexity index is 481. The van der Waals surface area contributed by atoms with Gasteiger partial charge < -0.3 is 0 Å². The third-order valence-electron chi connectivity index (χ3n) is 2.99. The molecule has 17 heavy (non-hydrogen) atoms. The summed E-state index contributed by atoms with van der Waals surface area (Å²) in [6.45, 7) is 1.87. The standard InChI is InChI=1S/C13H12N2O2/c1-2-9(7-8-14)15-12(16)10-5-3-4-6-11(10)13(15)17/h3-6,9H,2,7H2,1H3. The van der Waals surface area contributed by atoms with Gasteiger partial charge in [0.2, 0.25) is 0 Å². The first kappa shape index (κ1) is 11.3. The molecule has 1 unspecified atom stereocenters. The molecule has 1 aromatic carbocycles. The van der Waals surface area contributed by atoms with Crippen molar-refractivity contribution in [1.82, 2.24) is 4.90 Å². The van der Waals surface area contributed by atoms with Gasteiger partial charge in [0.05, 0.1) is 29.7 Å². The van der Waals surface area contributed by atoms with Crippen molar-refractivity contribution in [3.8, 4) is 6.07 Å². The maximum Gasteiger partial charge on any atom is 0.261 e. The van der Waals surface area contributed by atoms with Gasteiger partial charge in [0.1, 0.15) is 0 Å². The minimum Gasteiger partial charge on any atom is -0.270 e. The van der Waals surface area contributed by atoms with Gasteiger partial charge in [0.25, 0.3) is 11.8 Å². The average molecular weight is 228 g/mol. The van der Waals surface area contributed by atoms with Gasteiger partial charge in [-0.3, -0.25) is 14.5 Å². The second-order valence-electron chi connectivity index (χ2n) is 3.95. The van der Waals surface area contributed by atoms with Crippen LogP contribution < -0.4 is 0 Å². The van der Waals surface area contributed by atoms with Crippen molar-refractivity contribution in [2.45, 2.75) is 25.8 Å². The Kier molecular flexibility index (Phi) is 2.92. The molecule has 0 spiro atoms. The molecule has 1 aliphatic rings. The van der Waals surface area contributed by atoms with Crippen LogP contribution in [0.4, 0.5) is 0 Å². The lowest BCUT2D eigenvalue weighted by Gasteiger charge is -2.22. The molecule has 1 aromatic rings. The van der Waals surface area contributed by atoms with Crippen LogP contribution in [0.2, 0.25) is 0 Å². The third-order valence-corrected chi connectivity index (χ3v) is 2.99. The van der Waals surface area contributed by atoms with Crippen molar-refractivity contribution >= 4 is 11.8 Å². The molecule has 0 radical (unpaired) electrons. The highest BCUT2D eigenvalue weighted by Gasteiger charge is 2.38. The smallest absolute Gasteiger partial charge is 0.261 e. The Balaban J connectivity index is 2.39. The fourth-order valence-electron chi connectivity index (χ4n) is 2.06. The largest absolute Gasteiger partial charge is 0.270 e. The predicted octanol–water partition coefficient (Wildman–Crippen LogP) is 1.97. The maximum absolute atomic E-state index is 12.1. The number of benzene rings is 1. The summed E-state index contributed by atoms with van der Waals surface area (Å²) in [5, 5.41) is 8.72. The zero-order valence-electron chi connectivity index (χ0n) is 9.51. The van der Waals surface area contributed by atoms with E-state index < -0.39 is 0 Å². The zero-order chi connectivity index (χ0) is 12.4. The lowest BCUT2D eigenvalue weighted by Crippen LogP contribution is -2.39. The minimum atomic E-state index is -0.326. The molecular formula is C13H12N2O2. The van der Waals surface area contributed by atoms with Crippen LogP contribution in [-0.4, -0.2) is 22.8 Å². The Hall–Kier alpha value is -2.15. The molecule has 0 aliphatic carbocycles. The first-order valence-electron chi connectivity index (χ1n) is 5.54. The molecule has 4 nitrogen and oxygen atoms in total. The Morgan fingerprint density at radius 3 is 2.18 bits per heavy atom. The van der Waals surface area contributed by atoms with Gasteiger partial charge >= 0.3 is 0 Å². The highest BCUT2D eigenvalue weighted by atomic mass is 16.2. The highest BCUT2D eigenvalue weighted by Crippen LogP contribution is 2.26. The fourth-order valence-corrected chi connectivity index (χ4v) is 2.06. The van der Waals surface area contributed by atoms with Gasteiger partial charge in [-0.25, -0.2) is 0 Å². The van der Waals surface area contributed by atoms with Gasteiger partial charge in [0, 0.05) is 0 Å². The van der Waals surface area contributed by atoms with Crippen molar-refractivity contribution in [1.29, 1.82) is 5.26 Å². The van der Waals surface area contributed by atoms with Crippen molar-refractivity contribution in [2.24, 2.45) is 0 Å². The fraction of sp³-hybridized carbons (Fsp3) is 0.308. The van der Waals surface area contributed by atoms with Crippen LogP contribution in [0, 0.1) is 11.3 Å². The van der Waals surface area contributed by atoms with Crippen LogP contribution >= 0.6 is 0 Å². The second-order valence-corrected chi connectivity index (χ2v) is 3.95. The van der Waals surface area contributed by atoms with Gasteiger partial charge in [-0.05, 0) is 18.6 Å². The van der Waals surface area contributed by atoms with Crippen LogP contribution in [0.25, 0.3) is 0 Å². The number of carbonyl (C=O) groups is 2. The Morgan fingerprint density at radius 1 is 1.24 bits per heavy atom. The highest BCUT2D eigenvalue weighted by molar-refractivity contribution is 6.21. The molecule has 0 fully saturated rings. The summed E-state index contributed by atoms with van der Waals surface area (Å²) < 4.78 is 0. The van der Waals surface area contributed by atoms with E-state index in [4.69, 9.17) is 5.26 Å². The molecule has 4 heteroatoms. The molecule has 1 atom stereocenters. The van der Waals surface area contributed by atoms with Gasteiger partial charge in [-0.15, -0.1) is 0 Å². The first-order valence-corrected chi connectivity index (χ1v) is 5.54. The number of rotatable bonds is 3. The first-order chi connectivity index (χ1) is 8.20. The van der Waals surface area contributed by atoms with E-state index in [1.54, 1.807) is 24.3 Å². The number of imide groups is 1. The maximum atomic E-state index is 12.1. The summed E-state index contributed by atoms with van der Waals surface area (Å²) in [4.78, 5) is 25.4.